The standard InChI is InChI=1S/C20H31BN2O3.C14H19BrN2O.C13H16BrNO2.C9H10BrN.4CH4/c1-14(2)22-18(24)13-23-11-7-8-15-12-16(9-10-17(15)23)21-25-19(3,4)20(5,6)26-21;1-10(2)16-14(18)9-17-7-3-4-11-8-12(15)5-6-13(11)17;1-2-17-13(16)9-15-7-3-4-10-8-11(14)5-6-12(10)15;10-8-3-4-9-7(6-8)2-1-5-11-9;;;;/h9-10,12,14H,7-8,11,13H2,1-6H3,(H,22,24);5-6,8,10H,3-4,7,9H2,1-2H3,(H,16,18);5-6,8H,2-4,7,9H2,1H3;3-4,6,11H,1-2,5H2;4*1H4. The molecule has 1 saturated heterocycles. The van der Waals surface area contributed by atoms with Crippen LogP contribution in [0.5, 0.6) is 0 Å². The van der Waals surface area contributed by atoms with Crippen LogP contribution >= 0.6 is 47.8 Å². The quantitative estimate of drug-likeness (QED) is 0.104. The number of benzene rings is 4. The van der Waals surface area contributed by atoms with Crippen molar-refractivity contribution >= 4 is 101 Å². The first-order valence-electron chi connectivity index (χ1n) is 25.8. The van der Waals surface area contributed by atoms with Gasteiger partial charge in [-0.1, -0.05) is 89.6 Å². The van der Waals surface area contributed by atoms with Gasteiger partial charge in [-0.2, -0.15) is 0 Å². The number of aryl methyl sites for hydroxylation is 4. The lowest BCUT2D eigenvalue weighted by molar-refractivity contribution is -0.141. The van der Waals surface area contributed by atoms with Crippen molar-refractivity contribution in [3.05, 3.63) is 108 Å². The minimum Gasteiger partial charge on any atom is -0.465 e. The normalized spacial score (nSPS) is 16.1. The Bertz CT molecular complexity index is 2470. The van der Waals surface area contributed by atoms with Gasteiger partial charge >= 0.3 is 13.1 Å². The van der Waals surface area contributed by atoms with Crippen molar-refractivity contribution in [3.8, 4) is 0 Å². The van der Waals surface area contributed by atoms with Crippen LogP contribution in [0.25, 0.3) is 0 Å². The summed E-state index contributed by atoms with van der Waals surface area (Å²) in [5, 5.41) is 9.29. The molecular formula is C60H92BBr3N6O6. The van der Waals surface area contributed by atoms with E-state index in [2.05, 4.69) is 167 Å². The third kappa shape index (κ3) is 19.4. The van der Waals surface area contributed by atoms with E-state index in [0.29, 0.717) is 26.2 Å². The van der Waals surface area contributed by atoms with E-state index in [0.717, 1.165) is 90.5 Å². The Labute approximate surface area is 484 Å². The number of nitrogens with one attached hydrogen (secondary N) is 3. The summed E-state index contributed by atoms with van der Waals surface area (Å²) in [6.45, 7) is 23.6. The van der Waals surface area contributed by atoms with Gasteiger partial charge in [-0.15, -0.1) is 0 Å². The Kier molecular flexibility index (Phi) is 28.2. The number of carbonyl (C=O) groups is 3. The van der Waals surface area contributed by atoms with Gasteiger partial charge in [0.15, 0.2) is 0 Å². The molecule has 12 nitrogen and oxygen atoms in total. The van der Waals surface area contributed by atoms with Crippen LogP contribution in [-0.4, -0.2) is 101 Å². The number of anilines is 4. The molecule has 5 aliphatic heterocycles. The molecule has 0 spiro atoms. The van der Waals surface area contributed by atoms with Crippen LogP contribution in [-0.2, 0) is 54.1 Å². The molecule has 0 radical (unpaired) electrons. The van der Waals surface area contributed by atoms with Gasteiger partial charge in [0.1, 0.15) is 6.54 Å². The van der Waals surface area contributed by atoms with Crippen molar-refractivity contribution in [2.24, 2.45) is 0 Å². The second kappa shape index (κ2) is 31.5. The number of hydrogen-bond acceptors (Lipinski definition) is 10. The van der Waals surface area contributed by atoms with E-state index in [-0.39, 0.29) is 77.9 Å². The van der Waals surface area contributed by atoms with Crippen LogP contribution in [0.2, 0.25) is 0 Å². The van der Waals surface area contributed by atoms with Crippen molar-refractivity contribution in [1.82, 2.24) is 10.6 Å². The van der Waals surface area contributed by atoms with E-state index in [1.807, 2.05) is 46.8 Å². The molecule has 422 valence electrons. The lowest BCUT2D eigenvalue weighted by atomic mass is 9.77. The molecule has 0 atom stereocenters. The maximum Gasteiger partial charge on any atom is 0.494 e. The Morgan fingerprint density at radius 3 is 1.43 bits per heavy atom. The van der Waals surface area contributed by atoms with Crippen molar-refractivity contribution in [3.63, 3.8) is 0 Å². The molecule has 4 aromatic carbocycles. The van der Waals surface area contributed by atoms with Gasteiger partial charge in [0.05, 0.1) is 30.9 Å². The van der Waals surface area contributed by atoms with Crippen LogP contribution < -0.4 is 36.1 Å². The zero-order valence-corrected chi connectivity index (χ0v) is 48.7. The Morgan fingerprint density at radius 1 is 0.592 bits per heavy atom. The molecular weight excluding hydrogens is 1150 g/mol. The maximum atomic E-state index is 12.2. The first-order chi connectivity index (χ1) is 34.2. The number of ether oxygens (including phenoxy) is 1. The third-order valence-electron chi connectivity index (χ3n) is 13.6. The highest BCUT2D eigenvalue weighted by molar-refractivity contribution is 9.11. The van der Waals surface area contributed by atoms with Crippen molar-refractivity contribution in [2.45, 2.75) is 167 Å². The fourth-order valence-electron chi connectivity index (χ4n) is 9.49. The van der Waals surface area contributed by atoms with E-state index >= 15 is 0 Å². The summed E-state index contributed by atoms with van der Waals surface area (Å²) in [5.74, 6) is 0.0203. The predicted octanol–water partition coefficient (Wildman–Crippen LogP) is 13.1. The summed E-state index contributed by atoms with van der Waals surface area (Å²) in [6, 6.07) is 25.6. The Balaban J connectivity index is 0.000000354. The second-order valence-electron chi connectivity index (χ2n) is 20.7. The molecule has 1 fully saturated rings. The molecule has 0 bridgehead atoms. The summed E-state index contributed by atoms with van der Waals surface area (Å²) in [5.41, 5.74) is 10.5. The van der Waals surface area contributed by atoms with E-state index < -0.39 is 0 Å². The van der Waals surface area contributed by atoms with Crippen LogP contribution in [0.4, 0.5) is 22.7 Å². The molecule has 4 aromatic rings. The first-order valence-corrected chi connectivity index (χ1v) is 28.2. The summed E-state index contributed by atoms with van der Waals surface area (Å²) in [4.78, 5) is 42.0. The summed E-state index contributed by atoms with van der Waals surface area (Å²) in [6.07, 6.45) is 8.90. The van der Waals surface area contributed by atoms with Gasteiger partial charge in [-0.25, -0.2) is 0 Å². The van der Waals surface area contributed by atoms with Gasteiger partial charge in [0.25, 0.3) is 0 Å². The number of fused-ring (bicyclic) bond motifs is 4. The molecule has 5 aliphatic rings. The lowest BCUT2D eigenvalue weighted by Gasteiger charge is -2.32. The highest BCUT2D eigenvalue weighted by atomic mass is 79.9. The molecule has 76 heavy (non-hydrogen) atoms. The van der Waals surface area contributed by atoms with E-state index in [1.165, 1.54) is 50.9 Å². The molecule has 5 heterocycles. The van der Waals surface area contributed by atoms with Gasteiger partial charge in [-0.3, -0.25) is 14.4 Å². The zero-order chi connectivity index (χ0) is 52.2. The Morgan fingerprint density at radius 2 is 0.987 bits per heavy atom. The lowest BCUT2D eigenvalue weighted by Crippen LogP contribution is -2.42. The Hall–Kier alpha value is -4.09. The fraction of sp³-hybridized carbons (Fsp3) is 0.550. The number of rotatable bonds is 10. The molecule has 0 aliphatic carbocycles. The largest absolute Gasteiger partial charge is 0.494 e. The van der Waals surface area contributed by atoms with Gasteiger partial charge in [-0.05, 0) is 202 Å². The number of hydrogen-bond donors (Lipinski definition) is 3. The van der Waals surface area contributed by atoms with Crippen LogP contribution in [0, 0.1) is 0 Å². The smallest absolute Gasteiger partial charge is 0.465 e. The summed E-state index contributed by atoms with van der Waals surface area (Å²) in [7, 11) is -0.343. The summed E-state index contributed by atoms with van der Waals surface area (Å²) >= 11 is 10.4. The molecule has 9 rings (SSSR count). The maximum absolute atomic E-state index is 12.2. The van der Waals surface area contributed by atoms with Gasteiger partial charge < -0.3 is 44.7 Å². The van der Waals surface area contributed by atoms with Crippen LogP contribution in [0.1, 0.15) is 140 Å². The van der Waals surface area contributed by atoms with Crippen LogP contribution in [0.3, 0.4) is 0 Å². The van der Waals surface area contributed by atoms with Gasteiger partial charge in [0.2, 0.25) is 11.8 Å². The average molecular weight is 1240 g/mol. The van der Waals surface area contributed by atoms with E-state index in [4.69, 9.17) is 14.0 Å². The summed E-state index contributed by atoms with van der Waals surface area (Å²) < 4.78 is 20.7. The van der Waals surface area contributed by atoms with Crippen LogP contribution in [0.15, 0.2) is 86.2 Å². The molecule has 0 aromatic heterocycles. The minimum atomic E-state index is -0.343. The van der Waals surface area contributed by atoms with Gasteiger partial charge in [0, 0.05) is 74.4 Å². The molecule has 16 heteroatoms. The molecule has 0 saturated carbocycles. The molecule has 0 unspecified atom stereocenters. The topological polar surface area (TPSA) is 125 Å². The molecule has 2 amide bonds. The SMILES string of the molecule is Brc1ccc2c(c1)CCCN2.C.C.C.C.CC(C)NC(=O)CN1CCCc2cc(B3OC(C)(C)C(C)(C)O3)ccc21.CC(C)NC(=O)CN1CCCc2cc(Br)ccc21.CCOC(=O)CN1CCCc2cc(Br)ccc21. The number of nitrogens with zero attached hydrogens (tertiary/aromatic N) is 3. The third-order valence-corrected chi connectivity index (χ3v) is 15.0. The van der Waals surface area contributed by atoms with Crippen molar-refractivity contribution in [1.29, 1.82) is 0 Å². The van der Waals surface area contributed by atoms with E-state index in [9.17, 15) is 14.4 Å². The number of carbonyl (C=O) groups excluding carboxylic acids is 3. The second-order valence-corrected chi connectivity index (χ2v) is 23.4. The van der Waals surface area contributed by atoms with Crippen molar-refractivity contribution < 1.29 is 28.4 Å². The highest BCUT2D eigenvalue weighted by Gasteiger charge is 2.51. The monoisotopic (exact) mass is 1240 g/mol. The highest BCUT2D eigenvalue weighted by Crippen LogP contribution is 2.37. The number of amides is 2. The first kappa shape index (κ1) is 68.0. The predicted molar refractivity (Wildman–Crippen MR) is 333 cm³/mol. The average Bonchev–Trinajstić information content (AvgIpc) is 3.54. The fourth-order valence-corrected chi connectivity index (χ4v) is 10.7. The van der Waals surface area contributed by atoms with Crippen molar-refractivity contribution in [2.75, 3.05) is 72.4 Å². The number of halogens is 3. The zero-order valence-electron chi connectivity index (χ0n) is 43.9. The van der Waals surface area contributed by atoms with E-state index in [1.54, 1.807) is 0 Å². The number of esters is 1. The minimum absolute atomic E-state index is 0. The molecule has 3 N–H and O–H groups in total.